The normalized spacial score (nSPS) is 13.6. The third-order valence-corrected chi connectivity index (χ3v) is 3.63. The maximum absolute atomic E-state index is 11.7. The first-order valence-electron chi connectivity index (χ1n) is 8.67. The summed E-state index contributed by atoms with van der Waals surface area (Å²) in [7, 11) is 0. The molecule has 1 aliphatic heterocycles. The van der Waals surface area contributed by atoms with E-state index < -0.39 is 0 Å². The minimum atomic E-state index is -0.237. The van der Waals surface area contributed by atoms with Crippen molar-refractivity contribution >= 4 is 17.9 Å². The van der Waals surface area contributed by atoms with Crippen molar-refractivity contribution in [1.82, 2.24) is 0 Å². The number of hydrogen-bond donors (Lipinski definition) is 0. The molecule has 0 amide bonds. The zero-order chi connectivity index (χ0) is 17.2. The first-order valence-corrected chi connectivity index (χ1v) is 8.67. The van der Waals surface area contributed by atoms with Crippen molar-refractivity contribution in [1.29, 1.82) is 0 Å². The molecule has 1 aliphatic rings. The maximum atomic E-state index is 11.7. The van der Waals surface area contributed by atoms with E-state index in [0.717, 1.165) is 43.7 Å². The second-order valence-corrected chi connectivity index (χ2v) is 5.71. The Hall–Kier alpha value is -2.30. The zero-order valence-electron chi connectivity index (χ0n) is 14.5. The molecule has 0 radical (unpaired) electrons. The van der Waals surface area contributed by atoms with Crippen LogP contribution in [0.1, 0.15) is 46.0 Å². The van der Waals surface area contributed by atoms with Crippen LogP contribution in [0.25, 0.3) is 0 Å². The van der Waals surface area contributed by atoms with Crippen LogP contribution >= 0.6 is 0 Å². The highest BCUT2D eigenvalue weighted by atomic mass is 16.5. The Morgan fingerprint density at radius 1 is 1.25 bits per heavy atom. The van der Waals surface area contributed by atoms with Crippen LogP contribution in [0.15, 0.2) is 41.3 Å². The molecule has 0 aromatic heterocycles. The molecule has 0 fully saturated rings. The van der Waals surface area contributed by atoms with Gasteiger partial charge in [0.25, 0.3) is 0 Å². The number of aliphatic imine (C=N–C) groups is 1. The molecule has 1 aromatic rings. The smallest absolute Gasteiger partial charge is 0.312 e. The van der Waals surface area contributed by atoms with Crippen LogP contribution in [0.4, 0.5) is 5.69 Å². The molecule has 0 unspecified atom stereocenters. The maximum Gasteiger partial charge on any atom is 0.312 e. The predicted molar refractivity (Wildman–Crippen MR) is 96.4 cm³/mol. The monoisotopic (exact) mass is 330 g/mol. The fourth-order valence-corrected chi connectivity index (χ4v) is 2.25. The van der Waals surface area contributed by atoms with Crippen LogP contribution in [0.3, 0.4) is 0 Å². The van der Waals surface area contributed by atoms with Gasteiger partial charge in [0.1, 0.15) is 5.75 Å². The van der Waals surface area contributed by atoms with Crippen LogP contribution in [-0.2, 0) is 9.53 Å². The summed E-state index contributed by atoms with van der Waals surface area (Å²) in [5.41, 5.74) is 0.984. The molecule has 0 saturated carbocycles. The van der Waals surface area contributed by atoms with Gasteiger partial charge in [0.05, 0.1) is 19.4 Å². The fourth-order valence-electron chi connectivity index (χ4n) is 2.25. The molecule has 0 atom stereocenters. The van der Waals surface area contributed by atoms with Gasteiger partial charge in [0.15, 0.2) is 0 Å². The third kappa shape index (κ3) is 5.72. The van der Waals surface area contributed by atoms with Gasteiger partial charge >= 0.3 is 5.97 Å². The van der Waals surface area contributed by atoms with Crippen molar-refractivity contribution in [3.63, 3.8) is 0 Å². The molecule has 24 heavy (non-hydrogen) atoms. The van der Waals surface area contributed by atoms with Crippen molar-refractivity contribution in [3.8, 4) is 5.75 Å². The Labute approximate surface area is 144 Å². The zero-order valence-corrected chi connectivity index (χ0v) is 14.5. The molecule has 1 aromatic carbocycles. The lowest BCUT2D eigenvalue weighted by Crippen LogP contribution is -2.23. The van der Waals surface area contributed by atoms with Crippen LogP contribution in [-0.4, -0.2) is 25.3 Å². The Bertz CT molecular complexity index is 596. The Morgan fingerprint density at radius 3 is 2.88 bits per heavy atom. The number of unbranched alkanes of at least 4 members (excludes halogenated alkanes) is 2. The van der Waals surface area contributed by atoms with E-state index in [4.69, 9.17) is 9.47 Å². The lowest BCUT2D eigenvalue weighted by Gasteiger charge is -2.22. The quantitative estimate of drug-likeness (QED) is 0.501. The molecule has 0 saturated heterocycles. The van der Waals surface area contributed by atoms with Gasteiger partial charge in [-0.1, -0.05) is 32.8 Å². The van der Waals surface area contributed by atoms with Gasteiger partial charge in [0.2, 0.25) is 5.88 Å². The van der Waals surface area contributed by atoms with E-state index in [1.54, 1.807) is 12.4 Å². The number of benzene rings is 1. The van der Waals surface area contributed by atoms with Gasteiger partial charge in [-0.3, -0.25) is 4.79 Å². The summed E-state index contributed by atoms with van der Waals surface area (Å²) in [6.07, 6.45) is 7.87. The molecule has 0 spiro atoms. The lowest BCUT2D eigenvalue weighted by molar-refractivity contribution is -0.139. The van der Waals surface area contributed by atoms with Gasteiger partial charge in [-0.05, 0) is 25.0 Å². The highest BCUT2D eigenvalue weighted by molar-refractivity contribution is 5.74. The molecule has 5 heteroatoms. The van der Waals surface area contributed by atoms with Crippen molar-refractivity contribution in [2.45, 2.75) is 46.0 Å². The molecule has 0 bridgehead atoms. The summed E-state index contributed by atoms with van der Waals surface area (Å²) in [6.45, 7) is 5.54. The standard InChI is InChI=1S/C19H26N2O3/c1-3-5-10-19(22)24-18-15-21(12-11-20-18)16-8-7-9-17(14-16)23-13-6-4-2/h7-9,11,14-15H,3-6,10,12-13H2,1-2H3. The van der Waals surface area contributed by atoms with Gasteiger partial charge in [-0.25, -0.2) is 4.99 Å². The number of hydrogen-bond acceptors (Lipinski definition) is 5. The highest BCUT2D eigenvalue weighted by Gasteiger charge is 2.13. The second kappa shape index (κ2) is 9.75. The minimum absolute atomic E-state index is 0.237. The Balaban J connectivity index is 1.99. The van der Waals surface area contributed by atoms with Crippen LogP contribution in [0.5, 0.6) is 5.75 Å². The SMILES string of the molecule is CCCCOc1cccc(N2C=C(OC(=O)CCCC)N=CC2)c1. The lowest BCUT2D eigenvalue weighted by atomic mass is 10.2. The average molecular weight is 330 g/mol. The largest absolute Gasteiger partial charge is 0.494 e. The van der Waals surface area contributed by atoms with Crippen molar-refractivity contribution < 1.29 is 14.3 Å². The predicted octanol–water partition coefficient (Wildman–Crippen LogP) is 4.29. The summed E-state index contributed by atoms with van der Waals surface area (Å²) in [6, 6.07) is 7.90. The summed E-state index contributed by atoms with van der Waals surface area (Å²) in [5.74, 6) is 0.941. The minimum Gasteiger partial charge on any atom is -0.494 e. The molecule has 0 aliphatic carbocycles. The number of carbonyl (C=O) groups excluding carboxylic acids is 1. The topological polar surface area (TPSA) is 51.1 Å². The van der Waals surface area contributed by atoms with Gasteiger partial charge in [0, 0.05) is 24.4 Å². The van der Waals surface area contributed by atoms with Crippen molar-refractivity contribution in [3.05, 3.63) is 36.3 Å². The van der Waals surface area contributed by atoms with Crippen molar-refractivity contribution in [2.24, 2.45) is 4.99 Å². The van der Waals surface area contributed by atoms with E-state index in [9.17, 15) is 4.79 Å². The van der Waals surface area contributed by atoms with E-state index in [1.165, 1.54) is 0 Å². The number of ether oxygens (including phenoxy) is 2. The fraction of sp³-hybridized carbons (Fsp3) is 0.474. The number of esters is 1. The average Bonchev–Trinajstić information content (AvgIpc) is 2.61. The summed E-state index contributed by atoms with van der Waals surface area (Å²) in [5, 5.41) is 0. The molecule has 130 valence electrons. The van der Waals surface area contributed by atoms with Crippen LogP contribution in [0.2, 0.25) is 0 Å². The van der Waals surface area contributed by atoms with E-state index >= 15 is 0 Å². The van der Waals surface area contributed by atoms with E-state index in [2.05, 4.69) is 11.9 Å². The Kier molecular flexibility index (Phi) is 7.33. The first kappa shape index (κ1) is 18.0. The highest BCUT2D eigenvalue weighted by Crippen LogP contribution is 2.23. The van der Waals surface area contributed by atoms with Gasteiger partial charge in [-0.15, -0.1) is 0 Å². The third-order valence-electron chi connectivity index (χ3n) is 3.63. The van der Waals surface area contributed by atoms with Gasteiger partial charge in [-0.2, -0.15) is 0 Å². The number of carbonyl (C=O) groups is 1. The molecule has 2 rings (SSSR count). The number of nitrogens with zero attached hydrogens (tertiary/aromatic N) is 2. The number of rotatable bonds is 9. The molecule has 1 heterocycles. The number of anilines is 1. The first-order chi connectivity index (χ1) is 11.7. The van der Waals surface area contributed by atoms with Gasteiger partial charge < -0.3 is 14.4 Å². The summed E-state index contributed by atoms with van der Waals surface area (Å²) in [4.78, 5) is 17.9. The molecule has 0 N–H and O–H groups in total. The molecule has 5 nitrogen and oxygen atoms in total. The van der Waals surface area contributed by atoms with E-state index in [0.29, 0.717) is 18.8 Å². The summed E-state index contributed by atoms with van der Waals surface area (Å²) >= 11 is 0. The van der Waals surface area contributed by atoms with Crippen LogP contribution in [0, 0.1) is 0 Å². The molecular weight excluding hydrogens is 304 g/mol. The van der Waals surface area contributed by atoms with E-state index in [1.807, 2.05) is 36.1 Å². The Morgan fingerprint density at radius 2 is 2.08 bits per heavy atom. The summed E-state index contributed by atoms with van der Waals surface area (Å²) < 4.78 is 11.1. The van der Waals surface area contributed by atoms with Crippen molar-refractivity contribution in [2.75, 3.05) is 18.1 Å². The van der Waals surface area contributed by atoms with Crippen LogP contribution < -0.4 is 9.64 Å². The second-order valence-electron chi connectivity index (χ2n) is 5.71. The molecular formula is C19H26N2O3. The van der Waals surface area contributed by atoms with E-state index in [-0.39, 0.29) is 5.97 Å².